The zero-order valence-corrected chi connectivity index (χ0v) is 17.9. The summed E-state index contributed by atoms with van der Waals surface area (Å²) < 4.78 is 15.9. The quantitative estimate of drug-likeness (QED) is 0.564. The lowest BCUT2D eigenvalue weighted by molar-refractivity contribution is -0.122. The predicted octanol–water partition coefficient (Wildman–Crippen LogP) is 2.50. The molecule has 2 atom stereocenters. The van der Waals surface area contributed by atoms with Crippen LogP contribution in [0.2, 0.25) is 0 Å². The predicted molar refractivity (Wildman–Crippen MR) is 114 cm³/mol. The standard InChI is InChI=1S/C22H26N4O5/c1-13-7-5-6-8-15(13)16(26-22(24)28)11-20(27)25-17(12-23)14-9-18(29-2)21(31-4)19(10-14)30-3/h5-10,16-17H,11H2,1-4H3,(H,25,27)(H3,24,26,28). The minimum atomic E-state index is -0.979. The minimum absolute atomic E-state index is 0.101. The molecule has 0 bridgehead atoms. The number of aryl methyl sites for hydroxylation is 1. The molecule has 0 aliphatic rings. The third-order valence-electron chi connectivity index (χ3n) is 4.72. The van der Waals surface area contributed by atoms with Crippen molar-refractivity contribution in [1.82, 2.24) is 10.6 Å². The summed E-state index contributed by atoms with van der Waals surface area (Å²) in [7, 11) is 4.40. The Morgan fingerprint density at radius 3 is 2.16 bits per heavy atom. The average Bonchev–Trinajstić information content (AvgIpc) is 2.75. The van der Waals surface area contributed by atoms with E-state index in [2.05, 4.69) is 16.7 Å². The molecule has 0 fully saturated rings. The lowest BCUT2D eigenvalue weighted by atomic mass is 9.98. The van der Waals surface area contributed by atoms with Crippen LogP contribution in [0.15, 0.2) is 36.4 Å². The Kier molecular flexibility index (Phi) is 8.09. The van der Waals surface area contributed by atoms with E-state index in [0.717, 1.165) is 11.1 Å². The molecular weight excluding hydrogens is 400 g/mol. The largest absolute Gasteiger partial charge is 0.493 e. The first kappa shape index (κ1) is 23.3. The number of nitrogens with two attached hydrogens (primary N) is 1. The molecule has 31 heavy (non-hydrogen) atoms. The number of nitrogens with zero attached hydrogens (tertiary/aromatic N) is 1. The first-order valence-corrected chi connectivity index (χ1v) is 9.44. The summed E-state index contributed by atoms with van der Waals surface area (Å²) in [5.41, 5.74) is 7.41. The van der Waals surface area contributed by atoms with Crippen LogP contribution in [0, 0.1) is 18.3 Å². The van der Waals surface area contributed by atoms with Gasteiger partial charge in [-0.15, -0.1) is 0 Å². The molecule has 3 amide bonds. The summed E-state index contributed by atoms with van der Waals surface area (Å²) in [6, 6.07) is 10.2. The SMILES string of the molecule is COc1cc(C(C#N)NC(=O)CC(NC(N)=O)c2ccccc2C)cc(OC)c1OC. The molecule has 0 saturated heterocycles. The van der Waals surface area contributed by atoms with Crippen LogP contribution < -0.4 is 30.6 Å². The van der Waals surface area contributed by atoms with Gasteiger partial charge in [-0.25, -0.2) is 4.79 Å². The van der Waals surface area contributed by atoms with Gasteiger partial charge in [-0.3, -0.25) is 4.79 Å². The number of nitriles is 1. The number of primary amides is 1. The van der Waals surface area contributed by atoms with Gasteiger partial charge in [-0.05, 0) is 35.7 Å². The average molecular weight is 426 g/mol. The summed E-state index contributed by atoms with van der Waals surface area (Å²) in [6.07, 6.45) is -0.101. The molecule has 0 saturated carbocycles. The molecular formula is C22H26N4O5. The van der Waals surface area contributed by atoms with Gasteiger partial charge in [0.25, 0.3) is 0 Å². The summed E-state index contributed by atoms with van der Waals surface area (Å²) >= 11 is 0. The Balaban J connectivity index is 2.27. The Morgan fingerprint density at radius 2 is 1.68 bits per heavy atom. The normalized spacial score (nSPS) is 12.1. The highest BCUT2D eigenvalue weighted by atomic mass is 16.5. The number of hydrogen-bond donors (Lipinski definition) is 3. The van der Waals surface area contributed by atoms with Crippen LogP contribution in [0.3, 0.4) is 0 Å². The highest BCUT2D eigenvalue weighted by Crippen LogP contribution is 2.39. The van der Waals surface area contributed by atoms with Crippen LogP contribution in [0.4, 0.5) is 4.79 Å². The summed E-state index contributed by atoms with van der Waals surface area (Å²) in [4.78, 5) is 24.2. The summed E-state index contributed by atoms with van der Waals surface area (Å²) in [5, 5.41) is 14.9. The van der Waals surface area contributed by atoms with E-state index in [-0.39, 0.29) is 6.42 Å². The second-order valence-electron chi connectivity index (χ2n) is 6.71. The van der Waals surface area contributed by atoms with Crippen molar-refractivity contribution in [3.05, 3.63) is 53.1 Å². The number of rotatable bonds is 9. The number of methoxy groups -OCH3 is 3. The van der Waals surface area contributed by atoms with E-state index >= 15 is 0 Å². The Hall–Kier alpha value is -3.93. The fourth-order valence-corrected chi connectivity index (χ4v) is 3.25. The van der Waals surface area contributed by atoms with Gasteiger partial charge in [-0.2, -0.15) is 5.26 Å². The molecule has 2 aromatic rings. The number of amides is 3. The lowest BCUT2D eigenvalue weighted by Gasteiger charge is -2.21. The molecule has 0 spiro atoms. The van der Waals surface area contributed by atoms with Crippen molar-refractivity contribution in [2.75, 3.05) is 21.3 Å². The number of urea groups is 1. The second kappa shape index (κ2) is 10.7. The number of ether oxygens (including phenoxy) is 3. The van der Waals surface area contributed by atoms with E-state index in [4.69, 9.17) is 19.9 Å². The summed E-state index contributed by atoms with van der Waals surface area (Å²) in [6.45, 7) is 1.87. The van der Waals surface area contributed by atoms with E-state index in [9.17, 15) is 14.9 Å². The van der Waals surface area contributed by atoms with Crippen molar-refractivity contribution < 1.29 is 23.8 Å². The highest BCUT2D eigenvalue weighted by Gasteiger charge is 2.23. The molecule has 2 unspecified atom stereocenters. The van der Waals surface area contributed by atoms with E-state index in [0.29, 0.717) is 22.8 Å². The van der Waals surface area contributed by atoms with Crippen LogP contribution in [0.1, 0.15) is 35.2 Å². The maximum Gasteiger partial charge on any atom is 0.312 e. The smallest absolute Gasteiger partial charge is 0.312 e. The molecule has 2 aromatic carbocycles. The zero-order valence-electron chi connectivity index (χ0n) is 17.9. The molecule has 0 radical (unpaired) electrons. The van der Waals surface area contributed by atoms with Crippen molar-refractivity contribution in [1.29, 1.82) is 5.26 Å². The van der Waals surface area contributed by atoms with Crippen molar-refractivity contribution in [3.8, 4) is 23.3 Å². The minimum Gasteiger partial charge on any atom is -0.493 e. The third kappa shape index (κ3) is 5.79. The van der Waals surface area contributed by atoms with Gasteiger partial charge in [0.1, 0.15) is 6.04 Å². The lowest BCUT2D eigenvalue weighted by Crippen LogP contribution is -2.37. The van der Waals surface area contributed by atoms with Crippen LogP contribution >= 0.6 is 0 Å². The number of benzene rings is 2. The first-order chi connectivity index (χ1) is 14.8. The van der Waals surface area contributed by atoms with Crippen molar-refractivity contribution in [2.45, 2.75) is 25.4 Å². The van der Waals surface area contributed by atoms with E-state index in [1.54, 1.807) is 12.1 Å². The van der Waals surface area contributed by atoms with Crippen LogP contribution in [-0.2, 0) is 4.79 Å². The van der Waals surface area contributed by atoms with Gasteiger partial charge in [0.2, 0.25) is 11.7 Å². The monoisotopic (exact) mass is 426 g/mol. The third-order valence-corrected chi connectivity index (χ3v) is 4.72. The molecule has 2 rings (SSSR count). The number of carbonyl (C=O) groups is 2. The van der Waals surface area contributed by atoms with Gasteiger partial charge < -0.3 is 30.6 Å². The molecule has 0 heterocycles. The van der Waals surface area contributed by atoms with E-state index in [1.807, 2.05) is 31.2 Å². The molecule has 9 nitrogen and oxygen atoms in total. The maximum absolute atomic E-state index is 12.8. The van der Waals surface area contributed by atoms with Gasteiger partial charge in [0, 0.05) is 0 Å². The molecule has 4 N–H and O–H groups in total. The zero-order chi connectivity index (χ0) is 23.0. The van der Waals surface area contributed by atoms with Crippen LogP contribution in [-0.4, -0.2) is 33.3 Å². The van der Waals surface area contributed by atoms with Gasteiger partial charge >= 0.3 is 6.03 Å². The number of hydrogen-bond acceptors (Lipinski definition) is 6. The topological polar surface area (TPSA) is 136 Å². The number of nitrogens with one attached hydrogen (secondary N) is 2. The van der Waals surface area contributed by atoms with E-state index < -0.39 is 24.0 Å². The highest BCUT2D eigenvalue weighted by molar-refractivity contribution is 5.79. The first-order valence-electron chi connectivity index (χ1n) is 9.44. The molecule has 0 aromatic heterocycles. The van der Waals surface area contributed by atoms with Crippen LogP contribution in [0.5, 0.6) is 17.2 Å². The van der Waals surface area contributed by atoms with Gasteiger partial charge in [0.05, 0.1) is 39.9 Å². The van der Waals surface area contributed by atoms with E-state index in [1.165, 1.54) is 21.3 Å². The summed E-state index contributed by atoms with van der Waals surface area (Å²) in [5.74, 6) is 0.656. The van der Waals surface area contributed by atoms with Gasteiger partial charge in [0.15, 0.2) is 11.5 Å². The van der Waals surface area contributed by atoms with Crippen molar-refractivity contribution >= 4 is 11.9 Å². The fraction of sp³-hybridized carbons (Fsp3) is 0.318. The Bertz CT molecular complexity index is 961. The van der Waals surface area contributed by atoms with Crippen LogP contribution in [0.25, 0.3) is 0 Å². The Morgan fingerprint density at radius 1 is 1.06 bits per heavy atom. The second-order valence-corrected chi connectivity index (χ2v) is 6.71. The Labute approximate surface area is 181 Å². The fourth-order valence-electron chi connectivity index (χ4n) is 3.25. The molecule has 0 aliphatic carbocycles. The van der Waals surface area contributed by atoms with Gasteiger partial charge in [-0.1, -0.05) is 24.3 Å². The molecule has 164 valence electrons. The molecule has 9 heteroatoms. The van der Waals surface area contributed by atoms with Crippen molar-refractivity contribution in [2.24, 2.45) is 5.73 Å². The maximum atomic E-state index is 12.8. The number of carbonyl (C=O) groups excluding carboxylic acids is 2. The van der Waals surface area contributed by atoms with Crippen molar-refractivity contribution in [3.63, 3.8) is 0 Å². The molecule has 0 aliphatic heterocycles.